The standard InChI is InChI=1S/C10H15N3O2/c11-10(12-6-9(15)7-14)13-8-4-2-1-3-5-8/h1-5,9,14-15H,6-7H2,(H3,11,12,13). The fourth-order valence-corrected chi connectivity index (χ4v) is 0.970. The summed E-state index contributed by atoms with van der Waals surface area (Å²) < 4.78 is 0. The molecule has 0 aromatic heterocycles. The number of anilines is 1. The predicted octanol–water partition coefficient (Wildman–Crippen LogP) is -0.234. The van der Waals surface area contributed by atoms with Crippen molar-refractivity contribution < 1.29 is 10.2 Å². The molecule has 1 aromatic rings. The number of hydrogen-bond acceptors (Lipinski definition) is 3. The van der Waals surface area contributed by atoms with E-state index in [0.717, 1.165) is 5.69 Å². The smallest absolute Gasteiger partial charge is 0.193 e. The Bertz CT molecular complexity index is 314. The van der Waals surface area contributed by atoms with Crippen LogP contribution in [0, 0.1) is 0 Å². The number of aliphatic hydroxyl groups excluding tert-OH is 2. The van der Waals surface area contributed by atoms with Crippen molar-refractivity contribution in [2.45, 2.75) is 6.10 Å². The van der Waals surface area contributed by atoms with Gasteiger partial charge in [0, 0.05) is 5.69 Å². The van der Waals surface area contributed by atoms with Crippen molar-refractivity contribution in [1.82, 2.24) is 0 Å². The number of nitrogens with one attached hydrogen (secondary N) is 1. The summed E-state index contributed by atoms with van der Waals surface area (Å²) in [6.45, 7) is -0.232. The van der Waals surface area contributed by atoms with Gasteiger partial charge in [0.15, 0.2) is 5.96 Å². The molecule has 82 valence electrons. The van der Waals surface area contributed by atoms with E-state index in [-0.39, 0.29) is 19.1 Å². The van der Waals surface area contributed by atoms with Crippen molar-refractivity contribution >= 4 is 11.6 Å². The van der Waals surface area contributed by atoms with Gasteiger partial charge in [0.05, 0.1) is 19.3 Å². The molecule has 5 heteroatoms. The molecule has 0 radical (unpaired) electrons. The first-order chi connectivity index (χ1) is 7.22. The van der Waals surface area contributed by atoms with Gasteiger partial charge in [-0.15, -0.1) is 0 Å². The summed E-state index contributed by atoms with van der Waals surface area (Å²) in [6, 6.07) is 9.35. The third-order valence-corrected chi connectivity index (χ3v) is 1.73. The number of hydrogen-bond donors (Lipinski definition) is 4. The predicted molar refractivity (Wildman–Crippen MR) is 59.6 cm³/mol. The number of aliphatic hydroxyl groups is 2. The van der Waals surface area contributed by atoms with Crippen LogP contribution in [0.5, 0.6) is 0 Å². The van der Waals surface area contributed by atoms with E-state index in [9.17, 15) is 0 Å². The lowest BCUT2D eigenvalue weighted by Gasteiger charge is -2.06. The Labute approximate surface area is 88.3 Å². The molecule has 0 saturated heterocycles. The summed E-state index contributed by atoms with van der Waals surface area (Å²) in [5.41, 5.74) is 6.39. The van der Waals surface area contributed by atoms with Gasteiger partial charge >= 0.3 is 0 Å². The van der Waals surface area contributed by atoms with Gasteiger partial charge in [-0.05, 0) is 12.1 Å². The molecule has 1 atom stereocenters. The normalized spacial score (nSPS) is 13.6. The van der Waals surface area contributed by atoms with Gasteiger partial charge < -0.3 is 21.3 Å². The van der Waals surface area contributed by atoms with Gasteiger partial charge in [0.1, 0.15) is 0 Å². The molecule has 0 spiro atoms. The SMILES string of the molecule is NC(=NCC(O)CO)Nc1ccccc1. The Kier molecular flexibility index (Phi) is 4.59. The molecule has 5 nitrogen and oxygen atoms in total. The van der Waals surface area contributed by atoms with Crippen molar-refractivity contribution in [3.63, 3.8) is 0 Å². The fraction of sp³-hybridized carbons (Fsp3) is 0.300. The molecule has 0 aliphatic carbocycles. The molecule has 0 bridgehead atoms. The van der Waals surface area contributed by atoms with Gasteiger partial charge in [0.2, 0.25) is 0 Å². The van der Waals surface area contributed by atoms with Gasteiger partial charge in [-0.3, -0.25) is 4.99 Å². The van der Waals surface area contributed by atoms with Crippen LogP contribution >= 0.6 is 0 Å². The molecule has 1 unspecified atom stereocenters. The minimum absolute atomic E-state index is 0.0855. The number of aliphatic imine (C=N–C) groups is 1. The molecule has 0 heterocycles. The van der Waals surface area contributed by atoms with E-state index in [0.29, 0.717) is 0 Å². The van der Waals surface area contributed by atoms with E-state index in [1.165, 1.54) is 0 Å². The van der Waals surface area contributed by atoms with Gasteiger partial charge in [-0.25, -0.2) is 0 Å². The molecule has 0 aliphatic heterocycles. The van der Waals surface area contributed by atoms with Crippen molar-refractivity contribution in [2.24, 2.45) is 10.7 Å². The molecule has 0 fully saturated rings. The zero-order chi connectivity index (χ0) is 11.1. The van der Waals surface area contributed by atoms with Crippen LogP contribution in [0.1, 0.15) is 0 Å². The van der Waals surface area contributed by atoms with Crippen molar-refractivity contribution in [2.75, 3.05) is 18.5 Å². The van der Waals surface area contributed by atoms with E-state index in [1.807, 2.05) is 30.3 Å². The Morgan fingerprint density at radius 1 is 1.40 bits per heavy atom. The highest BCUT2D eigenvalue weighted by Gasteiger charge is 2.00. The van der Waals surface area contributed by atoms with Crippen LogP contribution < -0.4 is 11.1 Å². The molecule has 15 heavy (non-hydrogen) atoms. The zero-order valence-corrected chi connectivity index (χ0v) is 8.30. The maximum atomic E-state index is 9.03. The number of nitrogens with two attached hydrogens (primary N) is 1. The Morgan fingerprint density at radius 2 is 2.07 bits per heavy atom. The summed E-state index contributed by atoms with van der Waals surface area (Å²) in [7, 11) is 0. The summed E-state index contributed by atoms with van der Waals surface area (Å²) in [6.07, 6.45) is -0.860. The van der Waals surface area contributed by atoms with Crippen molar-refractivity contribution in [3.05, 3.63) is 30.3 Å². The van der Waals surface area contributed by atoms with Crippen molar-refractivity contribution in [3.8, 4) is 0 Å². The van der Waals surface area contributed by atoms with Crippen LogP contribution in [0.4, 0.5) is 5.69 Å². The van der Waals surface area contributed by atoms with E-state index >= 15 is 0 Å². The number of nitrogens with zero attached hydrogens (tertiary/aromatic N) is 1. The number of guanidine groups is 1. The van der Waals surface area contributed by atoms with Crippen LogP contribution in [-0.2, 0) is 0 Å². The second kappa shape index (κ2) is 6.00. The molecule has 1 rings (SSSR count). The minimum Gasteiger partial charge on any atom is -0.394 e. The van der Waals surface area contributed by atoms with Crippen LogP contribution in [0.25, 0.3) is 0 Å². The van der Waals surface area contributed by atoms with E-state index in [2.05, 4.69) is 10.3 Å². The highest BCUT2D eigenvalue weighted by atomic mass is 16.3. The topological polar surface area (TPSA) is 90.9 Å². The first-order valence-corrected chi connectivity index (χ1v) is 4.63. The van der Waals surface area contributed by atoms with Crippen molar-refractivity contribution in [1.29, 1.82) is 0 Å². The van der Waals surface area contributed by atoms with Gasteiger partial charge in [0.25, 0.3) is 0 Å². The third kappa shape index (κ3) is 4.44. The number of rotatable bonds is 4. The molecular weight excluding hydrogens is 194 g/mol. The van der Waals surface area contributed by atoms with Crippen LogP contribution in [0.15, 0.2) is 35.3 Å². The third-order valence-electron chi connectivity index (χ3n) is 1.73. The molecule has 0 saturated carbocycles. The summed E-state index contributed by atoms with van der Waals surface area (Å²) in [4.78, 5) is 3.86. The number of benzene rings is 1. The zero-order valence-electron chi connectivity index (χ0n) is 8.30. The van der Waals surface area contributed by atoms with E-state index in [4.69, 9.17) is 15.9 Å². The Balaban J connectivity index is 2.45. The molecule has 0 amide bonds. The average molecular weight is 209 g/mol. The lowest BCUT2D eigenvalue weighted by atomic mass is 10.3. The Morgan fingerprint density at radius 3 is 2.67 bits per heavy atom. The second-order valence-electron chi connectivity index (χ2n) is 3.05. The van der Waals surface area contributed by atoms with E-state index < -0.39 is 6.10 Å². The lowest BCUT2D eigenvalue weighted by Crippen LogP contribution is -2.25. The van der Waals surface area contributed by atoms with Crippen LogP contribution in [0.3, 0.4) is 0 Å². The number of para-hydroxylation sites is 1. The van der Waals surface area contributed by atoms with Gasteiger partial charge in [-0.2, -0.15) is 0 Å². The Hall–Kier alpha value is -1.59. The molecule has 5 N–H and O–H groups in total. The van der Waals surface area contributed by atoms with Crippen LogP contribution in [0.2, 0.25) is 0 Å². The molecular formula is C10H15N3O2. The quantitative estimate of drug-likeness (QED) is 0.407. The summed E-state index contributed by atoms with van der Waals surface area (Å²) in [5, 5.41) is 20.4. The maximum Gasteiger partial charge on any atom is 0.193 e. The largest absolute Gasteiger partial charge is 0.394 e. The summed E-state index contributed by atoms with van der Waals surface area (Å²) in [5.74, 6) is 0.216. The lowest BCUT2D eigenvalue weighted by molar-refractivity contribution is 0.102. The highest BCUT2D eigenvalue weighted by molar-refractivity contribution is 5.92. The average Bonchev–Trinajstić information content (AvgIpc) is 2.27. The van der Waals surface area contributed by atoms with Gasteiger partial charge in [-0.1, -0.05) is 18.2 Å². The highest BCUT2D eigenvalue weighted by Crippen LogP contribution is 2.03. The second-order valence-corrected chi connectivity index (χ2v) is 3.05. The first-order valence-electron chi connectivity index (χ1n) is 4.63. The fourth-order valence-electron chi connectivity index (χ4n) is 0.970. The van der Waals surface area contributed by atoms with E-state index in [1.54, 1.807) is 0 Å². The monoisotopic (exact) mass is 209 g/mol. The minimum atomic E-state index is -0.860. The summed E-state index contributed by atoms with van der Waals surface area (Å²) >= 11 is 0. The molecule has 1 aromatic carbocycles. The van der Waals surface area contributed by atoms with Crippen LogP contribution in [-0.4, -0.2) is 35.4 Å². The first kappa shape index (κ1) is 11.5. The molecule has 0 aliphatic rings. The maximum absolute atomic E-state index is 9.03.